The Morgan fingerprint density at radius 2 is 2.25 bits per heavy atom. The lowest BCUT2D eigenvalue weighted by molar-refractivity contribution is -0.0262. The predicted molar refractivity (Wildman–Crippen MR) is 26.4 cm³/mol. The molecule has 44 valence electrons. The molecule has 8 heavy (non-hydrogen) atoms. The molecule has 0 aliphatic carbocycles. The smallest absolute Gasteiger partial charge is 0.360 e. The summed E-state index contributed by atoms with van der Waals surface area (Å²) in [6, 6.07) is 0. The average molecular weight is 135 g/mol. The number of carbonyl (C=O) groups is 1. The first-order valence-electron chi connectivity index (χ1n) is 1.98. The van der Waals surface area contributed by atoms with E-state index in [1.807, 2.05) is 0 Å². The normalized spacial score (nSPS) is 16.1. The van der Waals surface area contributed by atoms with Crippen LogP contribution in [0.1, 0.15) is 0 Å². The van der Waals surface area contributed by atoms with Crippen molar-refractivity contribution < 1.29 is 14.3 Å². The summed E-state index contributed by atoms with van der Waals surface area (Å²) in [6.07, 6.45) is 0.796. The lowest BCUT2D eigenvalue weighted by Crippen LogP contribution is -2.19. The van der Waals surface area contributed by atoms with Crippen LogP contribution in [0, 0.1) is 0 Å². The summed E-state index contributed by atoms with van der Waals surface area (Å²) in [6.45, 7) is 0. The molecular weight excluding hydrogens is 131 g/mol. The van der Waals surface area contributed by atoms with Gasteiger partial charge in [0.2, 0.25) is 0 Å². The quantitative estimate of drug-likeness (QED) is 0.400. The Labute approximate surface area is 50.8 Å². The molecule has 1 saturated heterocycles. The minimum atomic E-state index is -0.665. The van der Waals surface area contributed by atoms with Gasteiger partial charge in [0.15, 0.2) is 0 Å². The van der Waals surface area contributed by atoms with Crippen molar-refractivity contribution in [1.82, 2.24) is 0 Å². The van der Waals surface area contributed by atoms with Crippen molar-refractivity contribution in [2.24, 2.45) is 0 Å². The van der Waals surface area contributed by atoms with E-state index in [4.69, 9.17) is 11.6 Å². The first-order valence-corrected chi connectivity index (χ1v) is 2.52. The number of halogens is 1. The molecule has 0 unspecified atom stereocenters. The van der Waals surface area contributed by atoms with E-state index in [1.54, 1.807) is 0 Å². The van der Waals surface area contributed by atoms with Gasteiger partial charge < -0.3 is 9.47 Å². The molecule has 1 aliphatic heterocycles. The van der Waals surface area contributed by atoms with Crippen LogP contribution in [0.5, 0.6) is 0 Å². The number of hydrogen-bond acceptors (Lipinski definition) is 3. The Balaban J connectivity index is 2.34. The number of cyclic esters (lactones) is 2. The number of ether oxygens (including phenoxy) is 2. The van der Waals surface area contributed by atoms with Crippen LogP contribution in [0.3, 0.4) is 0 Å². The molecule has 1 fully saturated rings. The maximum absolute atomic E-state index is 9.86. The second kappa shape index (κ2) is 2.05. The number of alkyl halides is 1. The molecule has 0 aromatic carbocycles. The Morgan fingerprint density at radius 1 is 1.62 bits per heavy atom. The number of hydrogen-bond donors (Lipinski definition) is 0. The van der Waals surface area contributed by atoms with Crippen molar-refractivity contribution in [3.63, 3.8) is 0 Å². The van der Waals surface area contributed by atoms with Crippen LogP contribution >= 0.6 is 11.6 Å². The Bertz CT molecular complexity index is 130. The highest BCUT2D eigenvalue weighted by molar-refractivity contribution is 6.18. The molecule has 0 atom stereocenters. The summed E-state index contributed by atoms with van der Waals surface area (Å²) in [7, 11) is 0. The maximum atomic E-state index is 9.86. The lowest BCUT2D eigenvalue weighted by Gasteiger charge is -2.14. The van der Waals surface area contributed by atoms with Crippen LogP contribution in [-0.4, -0.2) is 12.0 Å². The van der Waals surface area contributed by atoms with E-state index >= 15 is 0 Å². The SMILES string of the molecule is O=C1OC(=CCCl)O1. The molecule has 0 amide bonds. The van der Waals surface area contributed by atoms with Gasteiger partial charge in [-0.25, -0.2) is 4.79 Å². The van der Waals surface area contributed by atoms with Crippen molar-refractivity contribution in [3.8, 4) is 0 Å². The fourth-order valence-corrected chi connectivity index (χ4v) is 0.444. The summed E-state index contributed by atoms with van der Waals surface area (Å²) >= 11 is 5.21. The van der Waals surface area contributed by atoms with E-state index in [-0.39, 0.29) is 5.95 Å². The van der Waals surface area contributed by atoms with Crippen molar-refractivity contribution in [2.45, 2.75) is 0 Å². The highest BCUT2D eigenvalue weighted by atomic mass is 35.5. The molecule has 4 heteroatoms. The van der Waals surface area contributed by atoms with Crippen LogP contribution in [0.4, 0.5) is 4.79 Å². The largest absolute Gasteiger partial charge is 0.524 e. The molecule has 0 saturated carbocycles. The van der Waals surface area contributed by atoms with Gasteiger partial charge in [-0.1, -0.05) is 0 Å². The predicted octanol–water partition coefficient (Wildman–Crippen LogP) is 1.23. The van der Waals surface area contributed by atoms with Crippen LogP contribution in [0.2, 0.25) is 0 Å². The molecule has 0 radical (unpaired) electrons. The monoisotopic (exact) mass is 134 g/mol. The maximum Gasteiger partial charge on any atom is 0.524 e. The summed E-state index contributed by atoms with van der Waals surface area (Å²) < 4.78 is 8.59. The number of rotatable bonds is 1. The average Bonchev–Trinajstić information content (AvgIpc) is 1.64. The molecule has 1 aliphatic rings. The molecule has 0 N–H and O–H groups in total. The first-order chi connectivity index (χ1) is 3.83. The van der Waals surface area contributed by atoms with Gasteiger partial charge in [-0.2, -0.15) is 0 Å². The number of carbonyl (C=O) groups excluding carboxylic acids is 1. The van der Waals surface area contributed by atoms with Gasteiger partial charge in [-0.15, -0.1) is 11.6 Å². The lowest BCUT2D eigenvalue weighted by atomic mass is 10.7. The molecule has 0 spiro atoms. The van der Waals surface area contributed by atoms with E-state index in [2.05, 4.69) is 9.47 Å². The third kappa shape index (κ3) is 0.924. The van der Waals surface area contributed by atoms with Gasteiger partial charge in [0.05, 0.1) is 0 Å². The van der Waals surface area contributed by atoms with Crippen LogP contribution in [0.15, 0.2) is 12.0 Å². The summed E-state index contributed by atoms with van der Waals surface area (Å²) in [5.41, 5.74) is 0. The molecule has 0 aromatic heterocycles. The zero-order chi connectivity index (χ0) is 5.98. The molecular formula is C4H3ClO3. The Hall–Kier alpha value is -0.700. The van der Waals surface area contributed by atoms with E-state index in [0.29, 0.717) is 5.88 Å². The van der Waals surface area contributed by atoms with Gasteiger partial charge in [-0.05, 0) is 0 Å². The van der Waals surface area contributed by atoms with Gasteiger partial charge >= 0.3 is 6.16 Å². The van der Waals surface area contributed by atoms with Crippen molar-refractivity contribution in [3.05, 3.63) is 12.0 Å². The summed E-state index contributed by atoms with van der Waals surface area (Å²) in [5.74, 6) is 0.493. The van der Waals surface area contributed by atoms with Crippen molar-refractivity contribution in [2.75, 3.05) is 5.88 Å². The third-order valence-corrected chi connectivity index (χ3v) is 0.766. The minimum absolute atomic E-state index is 0.199. The molecule has 1 rings (SSSR count). The Morgan fingerprint density at radius 3 is 2.62 bits per heavy atom. The molecule has 1 heterocycles. The van der Waals surface area contributed by atoms with Gasteiger partial charge in [0.25, 0.3) is 5.95 Å². The van der Waals surface area contributed by atoms with Crippen molar-refractivity contribution in [1.29, 1.82) is 0 Å². The van der Waals surface area contributed by atoms with E-state index < -0.39 is 6.16 Å². The number of allylic oxidation sites excluding steroid dienone is 1. The zero-order valence-electron chi connectivity index (χ0n) is 3.89. The van der Waals surface area contributed by atoms with Crippen LogP contribution < -0.4 is 0 Å². The topological polar surface area (TPSA) is 35.5 Å². The summed E-state index contributed by atoms with van der Waals surface area (Å²) in [5, 5.41) is 0. The van der Waals surface area contributed by atoms with Crippen molar-refractivity contribution >= 4 is 17.8 Å². The zero-order valence-corrected chi connectivity index (χ0v) is 4.64. The molecule has 0 bridgehead atoms. The first kappa shape index (κ1) is 5.44. The van der Waals surface area contributed by atoms with Gasteiger partial charge in [0.1, 0.15) is 0 Å². The Kier molecular flexibility index (Phi) is 1.39. The second-order valence-electron chi connectivity index (χ2n) is 1.13. The van der Waals surface area contributed by atoms with Crippen LogP contribution in [0.25, 0.3) is 0 Å². The van der Waals surface area contributed by atoms with E-state index in [1.165, 1.54) is 6.08 Å². The third-order valence-electron chi connectivity index (χ3n) is 0.612. The standard InChI is InChI=1S/C4H3ClO3/c5-2-1-3-7-4(6)8-3/h1H,2H2. The van der Waals surface area contributed by atoms with Gasteiger partial charge in [-0.3, -0.25) is 0 Å². The van der Waals surface area contributed by atoms with E-state index in [0.717, 1.165) is 0 Å². The minimum Gasteiger partial charge on any atom is -0.360 e. The highest BCUT2D eigenvalue weighted by Crippen LogP contribution is 2.13. The van der Waals surface area contributed by atoms with Gasteiger partial charge in [0, 0.05) is 12.0 Å². The van der Waals surface area contributed by atoms with Crippen LogP contribution in [-0.2, 0) is 9.47 Å². The fourth-order valence-electron chi connectivity index (χ4n) is 0.318. The fraction of sp³-hybridized carbons (Fsp3) is 0.250. The molecule has 3 nitrogen and oxygen atoms in total. The molecule has 0 aromatic rings. The summed E-state index contributed by atoms with van der Waals surface area (Å²) in [4.78, 5) is 9.86. The van der Waals surface area contributed by atoms with E-state index in [9.17, 15) is 4.79 Å². The second-order valence-corrected chi connectivity index (χ2v) is 1.44. The highest BCUT2D eigenvalue weighted by Gasteiger charge is 2.22.